The highest BCUT2D eigenvalue weighted by atomic mass is 15.0. The van der Waals surface area contributed by atoms with E-state index in [4.69, 9.17) is 0 Å². The van der Waals surface area contributed by atoms with Crippen LogP contribution in [0.5, 0.6) is 0 Å². The Morgan fingerprint density at radius 1 is 0.327 bits per heavy atom. The van der Waals surface area contributed by atoms with E-state index in [2.05, 4.69) is 159 Å². The van der Waals surface area contributed by atoms with Gasteiger partial charge in [0, 0.05) is 54.9 Å². The molecule has 0 aliphatic rings. The fraction of sp³-hybridized carbons (Fsp3) is 0. The number of nitriles is 2. The molecule has 254 valence electrons. The average Bonchev–Trinajstić information content (AvgIpc) is 3.88. The average molecular weight is 700 g/mol. The van der Waals surface area contributed by atoms with Crippen molar-refractivity contribution in [2.75, 3.05) is 0 Å². The van der Waals surface area contributed by atoms with Crippen LogP contribution in [0.4, 0.5) is 0 Å². The first-order valence-corrected chi connectivity index (χ1v) is 18.3. The Kier molecular flexibility index (Phi) is 6.61. The summed E-state index contributed by atoms with van der Waals surface area (Å²) in [6.07, 6.45) is 0. The standard InChI is InChI=1S/C50H29N5/c51-30-32-20-24-42-40-14-3-7-18-47(40)55(50(42)26-32)35-11-9-10-33(27-35)43-28-36(22-21-34(43)31-52)54-48-19-8-4-15-41(48)44-29-37(23-25-49(44)54)53-45-16-5-1-12-38(45)39-13-2-6-17-46(39)53/h1-29H. The third-order valence-electron chi connectivity index (χ3n) is 11.1. The molecular formula is C50H29N5. The van der Waals surface area contributed by atoms with Crippen LogP contribution in [0.15, 0.2) is 176 Å². The summed E-state index contributed by atoms with van der Waals surface area (Å²) in [6.45, 7) is 0. The number of fused-ring (bicyclic) bond motifs is 9. The maximum Gasteiger partial charge on any atom is 0.0998 e. The number of para-hydroxylation sites is 4. The monoisotopic (exact) mass is 699 g/mol. The van der Waals surface area contributed by atoms with Crippen LogP contribution in [0, 0.1) is 22.7 Å². The quantitative estimate of drug-likeness (QED) is 0.184. The molecular weight excluding hydrogens is 671 g/mol. The lowest BCUT2D eigenvalue weighted by Crippen LogP contribution is -1.98. The summed E-state index contributed by atoms with van der Waals surface area (Å²) in [7, 11) is 0. The van der Waals surface area contributed by atoms with Gasteiger partial charge in [-0.15, -0.1) is 0 Å². The molecule has 3 heterocycles. The van der Waals surface area contributed by atoms with Crippen molar-refractivity contribution in [3.63, 3.8) is 0 Å². The lowest BCUT2D eigenvalue weighted by molar-refractivity contribution is 1.16. The highest BCUT2D eigenvalue weighted by Gasteiger charge is 2.19. The van der Waals surface area contributed by atoms with E-state index in [1.807, 2.05) is 42.5 Å². The molecule has 11 rings (SSSR count). The Hall–Kier alpha value is -7.86. The number of rotatable bonds is 4. The maximum absolute atomic E-state index is 10.4. The van der Waals surface area contributed by atoms with Crippen LogP contribution in [0.1, 0.15) is 11.1 Å². The van der Waals surface area contributed by atoms with Crippen LogP contribution in [0.25, 0.3) is 93.6 Å². The zero-order valence-electron chi connectivity index (χ0n) is 29.5. The SMILES string of the molecule is N#Cc1ccc2c3ccccc3n(-c3cccc(-c4cc(-n5c6ccccc6c6cc(-n7c8ccccc8c8ccccc87)ccc65)ccc4C#N)c3)c2c1. The van der Waals surface area contributed by atoms with E-state index in [1.165, 1.54) is 21.8 Å². The van der Waals surface area contributed by atoms with Gasteiger partial charge in [-0.25, -0.2) is 0 Å². The van der Waals surface area contributed by atoms with E-state index in [0.717, 1.165) is 71.8 Å². The topological polar surface area (TPSA) is 62.4 Å². The summed E-state index contributed by atoms with van der Waals surface area (Å²) in [5.74, 6) is 0. The molecule has 5 nitrogen and oxygen atoms in total. The van der Waals surface area contributed by atoms with Crippen molar-refractivity contribution in [1.29, 1.82) is 10.5 Å². The molecule has 0 unspecified atom stereocenters. The first-order valence-electron chi connectivity index (χ1n) is 18.3. The zero-order valence-corrected chi connectivity index (χ0v) is 29.5. The lowest BCUT2D eigenvalue weighted by Gasteiger charge is -2.14. The molecule has 11 aromatic rings. The van der Waals surface area contributed by atoms with Gasteiger partial charge in [0.25, 0.3) is 0 Å². The van der Waals surface area contributed by atoms with E-state index in [9.17, 15) is 10.5 Å². The number of aromatic nitrogens is 3. The highest BCUT2D eigenvalue weighted by molar-refractivity contribution is 6.13. The Labute approximate surface area is 316 Å². The van der Waals surface area contributed by atoms with Gasteiger partial charge in [0.1, 0.15) is 0 Å². The summed E-state index contributed by atoms with van der Waals surface area (Å²) in [6, 6.07) is 66.0. The number of hydrogen-bond donors (Lipinski definition) is 0. The molecule has 0 radical (unpaired) electrons. The van der Waals surface area contributed by atoms with Crippen LogP contribution >= 0.6 is 0 Å². The molecule has 0 amide bonds. The summed E-state index contributed by atoms with van der Waals surface area (Å²) in [4.78, 5) is 0. The van der Waals surface area contributed by atoms with E-state index in [0.29, 0.717) is 11.1 Å². The first-order chi connectivity index (χ1) is 27.2. The smallest absolute Gasteiger partial charge is 0.0998 e. The van der Waals surface area contributed by atoms with Crippen molar-refractivity contribution in [2.45, 2.75) is 0 Å². The molecule has 0 fully saturated rings. The second-order valence-electron chi connectivity index (χ2n) is 14.0. The summed E-state index contributed by atoms with van der Waals surface area (Å²) < 4.78 is 6.89. The molecule has 0 saturated carbocycles. The van der Waals surface area contributed by atoms with Crippen LogP contribution in [-0.2, 0) is 0 Å². The maximum atomic E-state index is 10.4. The molecule has 0 saturated heterocycles. The summed E-state index contributed by atoms with van der Waals surface area (Å²) in [5.41, 5.74) is 12.6. The van der Waals surface area contributed by atoms with E-state index in [-0.39, 0.29) is 0 Å². The van der Waals surface area contributed by atoms with Crippen LogP contribution in [0.3, 0.4) is 0 Å². The second kappa shape index (κ2) is 11.8. The molecule has 0 atom stereocenters. The van der Waals surface area contributed by atoms with Crippen LogP contribution in [0.2, 0.25) is 0 Å². The predicted molar refractivity (Wildman–Crippen MR) is 224 cm³/mol. The van der Waals surface area contributed by atoms with Gasteiger partial charge in [-0.2, -0.15) is 10.5 Å². The van der Waals surface area contributed by atoms with Crippen LogP contribution in [-0.4, -0.2) is 13.7 Å². The van der Waals surface area contributed by atoms with E-state index >= 15 is 0 Å². The van der Waals surface area contributed by atoms with Gasteiger partial charge in [-0.1, -0.05) is 91.0 Å². The van der Waals surface area contributed by atoms with Gasteiger partial charge in [-0.05, 0) is 90.5 Å². The Bertz CT molecular complexity index is 3420. The molecule has 8 aromatic carbocycles. The molecule has 5 heteroatoms. The van der Waals surface area contributed by atoms with Gasteiger partial charge >= 0.3 is 0 Å². The Morgan fingerprint density at radius 2 is 0.818 bits per heavy atom. The van der Waals surface area contributed by atoms with Crippen molar-refractivity contribution in [1.82, 2.24) is 13.7 Å². The minimum Gasteiger partial charge on any atom is -0.309 e. The summed E-state index contributed by atoms with van der Waals surface area (Å²) >= 11 is 0. The number of hydrogen-bond acceptors (Lipinski definition) is 2. The zero-order chi connectivity index (χ0) is 36.6. The largest absolute Gasteiger partial charge is 0.309 e. The Morgan fingerprint density at radius 3 is 1.42 bits per heavy atom. The van der Waals surface area contributed by atoms with Gasteiger partial charge < -0.3 is 13.7 Å². The van der Waals surface area contributed by atoms with Crippen molar-refractivity contribution in [3.05, 3.63) is 187 Å². The highest BCUT2D eigenvalue weighted by Crippen LogP contribution is 2.39. The molecule has 0 spiro atoms. The normalized spacial score (nSPS) is 11.6. The number of benzene rings is 8. The predicted octanol–water partition coefficient (Wildman–Crippen LogP) is 12.4. The molecule has 0 aliphatic carbocycles. The molecule has 55 heavy (non-hydrogen) atoms. The van der Waals surface area contributed by atoms with Crippen molar-refractivity contribution in [2.24, 2.45) is 0 Å². The summed E-state index contributed by atoms with van der Waals surface area (Å²) in [5, 5.41) is 27.2. The minimum atomic E-state index is 0.601. The van der Waals surface area contributed by atoms with Gasteiger partial charge in [0.05, 0.1) is 56.4 Å². The van der Waals surface area contributed by atoms with Gasteiger partial charge in [-0.3, -0.25) is 0 Å². The van der Waals surface area contributed by atoms with Crippen molar-refractivity contribution in [3.8, 4) is 40.3 Å². The molecule has 0 bridgehead atoms. The molecule has 0 aliphatic heterocycles. The minimum absolute atomic E-state index is 0.601. The molecule has 3 aromatic heterocycles. The first kappa shape index (κ1) is 30.7. The van der Waals surface area contributed by atoms with E-state index < -0.39 is 0 Å². The second-order valence-corrected chi connectivity index (χ2v) is 14.0. The van der Waals surface area contributed by atoms with Crippen molar-refractivity contribution >= 4 is 65.4 Å². The van der Waals surface area contributed by atoms with Crippen LogP contribution < -0.4 is 0 Å². The van der Waals surface area contributed by atoms with Gasteiger partial charge in [0.15, 0.2) is 0 Å². The lowest BCUT2D eigenvalue weighted by atomic mass is 9.99. The fourth-order valence-electron chi connectivity index (χ4n) is 8.72. The van der Waals surface area contributed by atoms with Gasteiger partial charge in [0.2, 0.25) is 0 Å². The van der Waals surface area contributed by atoms with E-state index in [1.54, 1.807) is 0 Å². The fourth-order valence-corrected chi connectivity index (χ4v) is 8.72. The van der Waals surface area contributed by atoms with Crippen molar-refractivity contribution < 1.29 is 0 Å². The number of nitrogens with zero attached hydrogens (tertiary/aromatic N) is 5. The molecule has 0 N–H and O–H groups in total. The third-order valence-corrected chi connectivity index (χ3v) is 11.1. The Balaban J connectivity index is 1.10. The third kappa shape index (κ3) is 4.51.